The van der Waals surface area contributed by atoms with Gasteiger partial charge in [-0.05, 0) is 58.2 Å². The van der Waals surface area contributed by atoms with E-state index in [1.807, 2.05) is 20.8 Å². The minimum absolute atomic E-state index is 0.156. The Hall–Kier alpha value is -1.50. The monoisotopic (exact) mass is 429 g/mol. The number of anilines is 1. The molecule has 1 N–H and O–H groups in total. The zero-order valence-electron chi connectivity index (χ0n) is 16.9. The maximum Gasteiger partial charge on any atom is 0.410 e. The SMILES string of the molecule is CN(CC1CCCN(CC(=O)Nc2c(Cl)cccc2Cl)C1)C(=O)OC(C)(C)C. The first-order valence-corrected chi connectivity index (χ1v) is 10.2. The molecule has 8 heteroatoms. The van der Waals surface area contributed by atoms with Gasteiger partial charge in [0.2, 0.25) is 5.91 Å². The van der Waals surface area contributed by atoms with Crippen molar-refractivity contribution >= 4 is 40.9 Å². The minimum Gasteiger partial charge on any atom is -0.444 e. The van der Waals surface area contributed by atoms with Gasteiger partial charge in [-0.3, -0.25) is 9.69 Å². The fourth-order valence-electron chi connectivity index (χ4n) is 3.24. The summed E-state index contributed by atoms with van der Waals surface area (Å²) in [6.07, 6.45) is 1.67. The molecule has 2 rings (SSSR count). The number of piperidine rings is 1. The first-order chi connectivity index (χ1) is 13.0. The second-order valence-corrected chi connectivity index (χ2v) is 9.06. The Balaban J connectivity index is 1.85. The van der Waals surface area contributed by atoms with Crippen LogP contribution in [0.5, 0.6) is 0 Å². The molecule has 156 valence electrons. The molecule has 1 fully saturated rings. The van der Waals surface area contributed by atoms with Gasteiger partial charge in [0.1, 0.15) is 5.60 Å². The fourth-order valence-corrected chi connectivity index (χ4v) is 3.74. The molecule has 1 heterocycles. The number of nitrogens with zero attached hydrogens (tertiary/aromatic N) is 2. The molecular weight excluding hydrogens is 401 g/mol. The molecule has 28 heavy (non-hydrogen) atoms. The van der Waals surface area contributed by atoms with Crippen molar-refractivity contribution in [2.24, 2.45) is 5.92 Å². The Bertz CT molecular complexity index is 686. The number of nitrogens with one attached hydrogen (secondary N) is 1. The molecule has 0 radical (unpaired) electrons. The average molecular weight is 430 g/mol. The fraction of sp³-hybridized carbons (Fsp3) is 0.600. The smallest absolute Gasteiger partial charge is 0.410 e. The van der Waals surface area contributed by atoms with Crippen LogP contribution in [0, 0.1) is 5.92 Å². The van der Waals surface area contributed by atoms with Crippen molar-refractivity contribution in [3.63, 3.8) is 0 Å². The first-order valence-electron chi connectivity index (χ1n) is 9.45. The van der Waals surface area contributed by atoms with Crippen molar-refractivity contribution in [3.05, 3.63) is 28.2 Å². The molecule has 6 nitrogen and oxygen atoms in total. The highest BCUT2D eigenvalue weighted by Gasteiger charge is 2.26. The topological polar surface area (TPSA) is 61.9 Å². The van der Waals surface area contributed by atoms with E-state index in [1.54, 1.807) is 30.1 Å². The van der Waals surface area contributed by atoms with Gasteiger partial charge in [0.15, 0.2) is 0 Å². The largest absolute Gasteiger partial charge is 0.444 e. The molecular formula is C20H29Cl2N3O3. The van der Waals surface area contributed by atoms with Crippen LogP contribution in [0.15, 0.2) is 18.2 Å². The molecule has 0 spiro atoms. The number of hydrogen-bond donors (Lipinski definition) is 1. The lowest BCUT2D eigenvalue weighted by Gasteiger charge is -2.34. The van der Waals surface area contributed by atoms with Gasteiger partial charge in [-0.1, -0.05) is 29.3 Å². The van der Waals surface area contributed by atoms with E-state index >= 15 is 0 Å². The van der Waals surface area contributed by atoms with Crippen LogP contribution >= 0.6 is 23.2 Å². The van der Waals surface area contributed by atoms with Crippen molar-refractivity contribution in [2.45, 2.75) is 39.2 Å². The van der Waals surface area contributed by atoms with Crippen molar-refractivity contribution in [1.82, 2.24) is 9.80 Å². The van der Waals surface area contributed by atoms with Gasteiger partial charge in [0, 0.05) is 20.1 Å². The summed E-state index contributed by atoms with van der Waals surface area (Å²) in [5.74, 6) is 0.138. The summed E-state index contributed by atoms with van der Waals surface area (Å²) in [6, 6.07) is 5.11. The van der Waals surface area contributed by atoms with Gasteiger partial charge in [-0.25, -0.2) is 4.79 Å². The van der Waals surface area contributed by atoms with Crippen molar-refractivity contribution in [1.29, 1.82) is 0 Å². The zero-order valence-corrected chi connectivity index (χ0v) is 18.4. The lowest BCUT2D eigenvalue weighted by molar-refractivity contribution is -0.117. The van der Waals surface area contributed by atoms with Crippen LogP contribution in [0.3, 0.4) is 0 Å². The third kappa shape index (κ3) is 7.15. The van der Waals surface area contributed by atoms with E-state index in [9.17, 15) is 9.59 Å². The van der Waals surface area contributed by atoms with Gasteiger partial charge in [-0.2, -0.15) is 0 Å². The molecule has 1 aromatic rings. The number of benzene rings is 1. The van der Waals surface area contributed by atoms with Crippen LogP contribution in [-0.4, -0.2) is 60.6 Å². The Morgan fingerprint density at radius 3 is 2.54 bits per heavy atom. The normalized spacial score (nSPS) is 17.9. The minimum atomic E-state index is -0.512. The summed E-state index contributed by atoms with van der Waals surface area (Å²) in [5.41, 5.74) is -0.0729. The molecule has 0 saturated carbocycles. The summed E-state index contributed by atoms with van der Waals surface area (Å²) in [4.78, 5) is 28.3. The van der Waals surface area contributed by atoms with E-state index in [0.29, 0.717) is 28.2 Å². The number of carbonyl (C=O) groups excluding carboxylic acids is 2. The molecule has 0 bridgehead atoms. The Kier molecular flexibility index (Phi) is 7.98. The number of halogens is 2. The van der Waals surface area contributed by atoms with Gasteiger partial charge >= 0.3 is 6.09 Å². The highest BCUT2D eigenvalue weighted by atomic mass is 35.5. The zero-order chi connectivity index (χ0) is 20.9. The Morgan fingerprint density at radius 1 is 1.29 bits per heavy atom. The highest BCUT2D eigenvalue weighted by molar-refractivity contribution is 6.39. The summed E-state index contributed by atoms with van der Waals surface area (Å²) in [6.45, 7) is 8.01. The molecule has 1 aromatic carbocycles. The number of likely N-dealkylation sites (tertiary alicyclic amines) is 1. The number of rotatable bonds is 5. The van der Waals surface area contributed by atoms with Crippen LogP contribution < -0.4 is 5.32 Å². The number of hydrogen-bond acceptors (Lipinski definition) is 4. The van der Waals surface area contributed by atoms with Crippen molar-refractivity contribution in [2.75, 3.05) is 38.5 Å². The molecule has 1 aliphatic heterocycles. The van der Waals surface area contributed by atoms with E-state index < -0.39 is 5.60 Å². The van der Waals surface area contributed by atoms with Crippen molar-refractivity contribution in [3.8, 4) is 0 Å². The highest BCUT2D eigenvalue weighted by Crippen LogP contribution is 2.29. The van der Waals surface area contributed by atoms with E-state index in [0.717, 1.165) is 25.9 Å². The quantitative estimate of drug-likeness (QED) is 0.747. The number of amides is 2. The standard InChI is InChI=1S/C20H29Cl2N3O3/c1-20(2,3)28-19(27)24(4)11-14-7-6-10-25(12-14)13-17(26)23-18-15(21)8-5-9-16(18)22/h5,8-9,14H,6-7,10-13H2,1-4H3,(H,23,26). The van der Waals surface area contributed by atoms with E-state index in [1.165, 1.54) is 0 Å². The molecule has 0 aliphatic carbocycles. The number of carbonyl (C=O) groups is 2. The molecule has 0 aromatic heterocycles. The van der Waals surface area contributed by atoms with Gasteiger partial charge in [-0.15, -0.1) is 0 Å². The summed E-state index contributed by atoms with van der Waals surface area (Å²) in [5, 5.41) is 3.62. The second kappa shape index (κ2) is 9.81. The van der Waals surface area contributed by atoms with Crippen LogP contribution in [0.4, 0.5) is 10.5 Å². The predicted octanol–water partition coefficient (Wildman–Crippen LogP) is 4.51. The first kappa shape index (κ1) is 22.8. The molecule has 1 unspecified atom stereocenters. The summed E-state index contributed by atoms with van der Waals surface area (Å²) in [7, 11) is 1.75. The Morgan fingerprint density at radius 2 is 1.93 bits per heavy atom. The molecule has 1 atom stereocenters. The average Bonchev–Trinajstić information content (AvgIpc) is 2.57. The lowest BCUT2D eigenvalue weighted by Crippen LogP contribution is -2.45. The van der Waals surface area contributed by atoms with Gasteiger partial charge in [0.05, 0.1) is 22.3 Å². The maximum absolute atomic E-state index is 12.4. The number of para-hydroxylation sites is 1. The second-order valence-electron chi connectivity index (χ2n) is 8.25. The van der Waals surface area contributed by atoms with Crippen LogP contribution in [0.2, 0.25) is 10.0 Å². The third-order valence-corrected chi connectivity index (χ3v) is 5.06. The third-order valence-electron chi connectivity index (χ3n) is 4.43. The van der Waals surface area contributed by atoms with E-state index in [2.05, 4.69) is 10.2 Å². The van der Waals surface area contributed by atoms with Crippen molar-refractivity contribution < 1.29 is 14.3 Å². The number of ether oxygens (including phenoxy) is 1. The van der Waals surface area contributed by atoms with Crippen LogP contribution in [0.25, 0.3) is 0 Å². The molecule has 2 amide bonds. The van der Waals surface area contributed by atoms with Crippen LogP contribution in [-0.2, 0) is 9.53 Å². The summed E-state index contributed by atoms with van der Waals surface area (Å²) >= 11 is 12.2. The maximum atomic E-state index is 12.4. The molecule has 1 saturated heterocycles. The Labute approximate surface area is 177 Å². The molecule has 1 aliphatic rings. The van der Waals surface area contributed by atoms with Crippen LogP contribution in [0.1, 0.15) is 33.6 Å². The van der Waals surface area contributed by atoms with E-state index in [-0.39, 0.29) is 18.5 Å². The van der Waals surface area contributed by atoms with Gasteiger partial charge < -0.3 is 15.0 Å². The van der Waals surface area contributed by atoms with Gasteiger partial charge in [0.25, 0.3) is 0 Å². The van der Waals surface area contributed by atoms with E-state index in [4.69, 9.17) is 27.9 Å². The predicted molar refractivity (Wildman–Crippen MR) is 113 cm³/mol. The summed E-state index contributed by atoms with van der Waals surface area (Å²) < 4.78 is 5.41. The lowest BCUT2D eigenvalue weighted by atomic mass is 9.97.